The van der Waals surface area contributed by atoms with E-state index in [-0.39, 0.29) is 11.8 Å². The van der Waals surface area contributed by atoms with Crippen LogP contribution in [0.4, 0.5) is 4.39 Å². The Bertz CT molecular complexity index is 369. The number of alkyl halides is 1. The molecule has 0 aliphatic heterocycles. The summed E-state index contributed by atoms with van der Waals surface area (Å²) >= 11 is 0. The molecular formula is C34H75F. The third-order valence-electron chi connectivity index (χ3n) is 7.88. The molecule has 218 valence electrons. The van der Waals surface area contributed by atoms with Crippen molar-refractivity contribution < 1.29 is 4.39 Å². The SMILES string of the molecule is CC.CC.CC.CC1CCCC1.CCC(CC(C)C(F)C(C)CCC(C)C)C(C)C(CC)C(C)C. The molecule has 0 spiro atoms. The second kappa shape index (κ2) is 28.5. The van der Waals surface area contributed by atoms with E-state index < -0.39 is 6.17 Å². The molecular weight excluding hydrogens is 427 g/mol. The first-order valence-corrected chi connectivity index (χ1v) is 16.2. The minimum Gasteiger partial charge on any atom is -0.247 e. The molecule has 0 aromatic carbocycles. The van der Waals surface area contributed by atoms with Crippen LogP contribution in [0.5, 0.6) is 0 Å². The molecule has 1 fully saturated rings. The van der Waals surface area contributed by atoms with Gasteiger partial charge in [-0.1, -0.05) is 156 Å². The van der Waals surface area contributed by atoms with E-state index in [1.54, 1.807) is 0 Å². The van der Waals surface area contributed by atoms with Crippen molar-refractivity contribution in [1.29, 1.82) is 0 Å². The van der Waals surface area contributed by atoms with Crippen molar-refractivity contribution >= 4 is 0 Å². The highest BCUT2D eigenvalue weighted by atomic mass is 19.1. The summed E-state index contributed by atoms with van der Waals surface area (Å²) in [4.78, 5) is 0. The van der Waals surface area contributed by atoms with Gasteiger partial charge in [0.25, 0.3) is 0 Å². The lowest BCUT2D eigenvalue weighted by Gasteiger charge is -2.35. The molecule has 1 rings (SSSR count). The summed E-state index contributed by atoms with van der Waals surface area (Å²) in [6.07, 6.45) is 11.0. The highest BCUT2D eigenvalue weighted by Crippen LogP contribution is 2.37. The average molecular weight is 503 g/mol. The Balaban J connectivity index is -0.000000330. The molecule has 0 amide bonds. The van der Waals surface area contributed by atoms with Gasteiger partial charge in [0.1, 0.15) is 6.17 Å². The molecule has 0 bridgehead atoms. The zero-order chi connectivity index (χ0) is 28.6. The van der Waals surface area contributed by atoms with Crippen molar-refractivity contribution in [2.24, 2.45) is 47.3 Å². The largest absolute Gasteiger partial charge is 0.247 e. The Morgan fingerprint density at radius 1 is 0.686 bits per heavy atom. The fourth-order valence-electron chi connectivity index (χ4n) is 5.61. The van der Waals surface area contributed by atoms with E-state index in [9.17, 15) is 4.39 Å². The van der Waals surface area contributed by atoms with Crippen LogP contribution in [-0.4, -0.2) is 6.17 Å². The molecule has 1 heteroatoms. The first-order valence-electron chi connectivity index (χ1n) is 16.2. The molecule has 0 aromatic heterocycles. The summed E-state index contributed by atoms with van der Waals surface area (Å²) in [6, 6.07) is 0. The Labute approximate surface area is 226 Å². The molecule has 0 N–H and O–H groups in total. The Hall–Kier alpha value is -0.0700. The van der Waals surface area contributed by atoms with Crippen molar-refractivity contribution in [2.75, 3.05) is 0 Å². The second-order valence-electron chi connectivity index (χ2n) is 11.3. The van der Waals surface area contributed by atoms with Gasteiger partial charge in [0, 0.05) is 0 Å². The summed E-state index contributed by atoms with van der Waals surface area (Å²) in [5.74, 6) is 4.97. The smallest absolute Gasteiger partial charge is 0.105 e. The van der Waals surface area contributed by atoms with E-state index in [1.165, 1.54) is 38.5 Å². The van der Waals surface area contributed by atoms with Crippen molar-refractivity contribution in [3.05, 3.63) is 0 Å². The van der Waals surface area contributed by atoms with Crippen molar-refractivity contribution in [1.82, 2.24) is 0 Å². The second-order valence-corrected chi connectivity index (χ2v) is 11.3. The van der Waals surface area contributed by atoms with Gasteiger partial charge in [-0.25, -0.2) is 4.39 Å². The van der Waals surface area contributed by atoms with E-state index in [2.05, 4.69) is 69.2 Å². The number of rotatable bonds is 12. The summed E-state index contributed by atoms with van der Waals surface area (Å²) in [5.41, 5.74) is 0. The van der Waals surface area contributed by atoms with Crippen LogP contribution in [0.2, 0.25) is 0 Å². The molecule has 6 atom stereocenters. The van der Waals surface area contributed by atoms with Crippen molar-refractivity contribution in [3.63, 3.8) is 0 Å². The predicted molar refractivity (Wildman–Crippen MR) is 165 cm³/mol. The lowest BCUT2D eigenvalue weighted by Crippen LogP contribution is -2.29. The van der Waals surface area contributed by atoms with E-state index in [4.69, 9.17) is 0 Å². The lowest BCUT2D eigenvalue weighted by molar-refractivity contribution is 0.105. The zero-order valence-corrected chi connectivity index (χ0v) is 27.9. The van der Waals surface area contributed by atoms with Gasteiger partial charge in [0.15, 0.2) is 0 Å². The number of hydrogen-bond donors (Lipinski definition) is 0. The summed E-state index contributed by atoms with van der Waals surface area (Å²) in [6.45, 7) is 34.7. The molecule has 0 nitrogen and oxygen atoms in total. The normalized spacial score (nSPS) is 18.3. The molecule has 0 saturated heterocycles. The predicted octanol–water partition coefficient (Wildman–Crippen LogP) is 13.0. The van der Waals surface area contributed by atoms with Gasteiger partial charge in [-0.15, -0.1) is 0 Å². The zero-order valence-electron chi connectivity index (χ0n) is 27.9. The molecule has 0 radical (unpaired) electrons. The van der Waals surface area contributed by atoms with Crippen LogP contribution < -0.4 is 0 Å². The highest BCUT2D eigenvalue weighted by molar-refractivity contribution is 4.80. The topological polar surface area (TPSA) is 0 Å². The maximum atomic E-state index is 14.8. The monoisotopic (exact) mass is 503 g/mol. The Morgan fingerprint density at radius 2 is 1.14 bits per heavy atom. The van der Waals surface area contributed by atoms with Crippen LogP contribution in [0.25, 0.3) is 0 Å². The van der Waals surface area contributed by atoms with Crippen LogP contribution in [0.15, 0.2) is 0 Å². The van der Waals surface area contributed by atoms with E-state index in [0.29, 0.717) is 17.8 Å². The van der Waals surface area contributed by atoms with Gasteiger partial charge in [-0.2, -0.15) is 0 Å². The van der Waals surface area contributed by atoms with Crippen LogP contribution >= 0.6 is 0 Å². The molecule has 0 heterocycles. The van der Waals surface area contributed by atoms with Crippen molar-refractivity contribution in [3.8, 4) is 0 Å². The van der Waals surface area contributed by atoms with Gasteiger partial charge in [0.05, 0.1) is 0 Å². The molecule has 1 aliphatic rings. The molecule has 1 aliphatic carbocycles. The van der Waals surface area contributed by atoms with Crippen LogP contribution in [0.1, 0.15) is 169 Å². The number of halogens is 1. The van der Waals surface area contributed by atoms with E-state index in [1.807, 2.05) is 41.5 Å². The summed E-state index contributed by atoms with van der Waals surface area (Å²) < 4.78 is 14.8. The quantitative estimate of drug-likeness (QED) is 0.249. The minimum absolute atomic E-state index is 0.189. The Kier molecular flexibility index (Phi) is 34.2. The summed E-state index contributed by atoms with van der Waals surface area (Å²) in [5, 5.41) is 0. The maximum Gasteiger partial charge on any atom is 0.105 e. The van der Waals surface area contributed by atoms with Crippen LogP contribution in [-0.2, 0) is 0 Å². The van der Waals surface area contributed by atoms with Crippen LogP contribution in [0.3, 0.4) is 0 Å². The maximum absolute atomic E-state index is 14.8. The van der Waals surface area contributed by atoms with Gasteiger partial charge < -0.3 is 0 Å². The molecule has 35 heavy (non-hydrogen) atoms. The molecule has 0 aromatic rings. The lowest BCUT2D eigenvalue weighted by atomic mass is 9.71. The fraction of sp³-hybridized carbons (Fsp3) is 1.00. The van der Waals surface area contributed by atoms with E-state index in [0.717, 1.165) is 37.0 Å². The third kappa shape index (κ3) is 21.7. The molecule has 1 saturated carbocycles. The van der Waals surface area contributed by atoms with Gasteiger partial charge >= 0.3 is 0 Å². The van der Waals surface area contributed by atoms with Gasteiger partial charge in [0.2, 0.25) is 0 Å². The summed E-state index contributed by atoms with van der Waals surface area (Å²) in [7, 11) is 0. The molecule has 6 unspecified atom stereocenters. The van der Waals surface area contributed by atoms with Gasteiger partial charge in [-0.3, -0.25) is 0 Å². The first kappa shape index (κ1) is 42.0. The minimum atomic E-state index is -0.644. The van der Waals surface area contributed by atoms with E-state index >= 15 is 0 Å². The standard InChI is InChI=1S/C22H45F.C6H12.3C2H6/c1-10-20(19(9)21(11-2)16(5)6)14-18(8)22(23)17(7)13-12-15(3)4;1-6-4-2-3-5-6;3*1-2/h15-22H,10-14H2,1-9H3;6H,2-5H2,1H3;3*1-2H3. The van der Waals surface area contributed by atoms with Gasteiger partial charge in [-0.05, 0) is 60.2 Å². The Morgan fingerprint density at radius 3 is 1.43 bits per heavy atom. The van der Waals surface area contributed by atoms with Crippen LogP contribution in [0, 0.1) is 47.3 Å². The van der Waals surface area contributed by atoms with Crippen molar-refractivity contribution in [2.45, 2.75) is 175 Å². The average Bonchev–Trinajstić information content (AvgIpc) is 3.35. The number of hydrogen-bond acceptors (Lipinski definition) is 0. The third-order valence-corrected chi connectivity index (χ3v) is 7.88. The fourth-order valence-corrected chi connectivity index (χ4v) is 5.61. The highest BCUT2D eigenvalue weighted by Gasteiger charge is 2.30. The first-order chi connectivity index (χ1) is 16.5.